The largest absolute Gasteiger partial charge is 0.431 e. The number of piperazine rings is 2. The van der Waals surface area contributed by atoms with E-state index in [4.69, 9.17) is 0 Å². The molecule has 4 aromatic rings. The van der Waals surface area contributed by atoms with E-state index in [1.807, 2.05) is 18.3 Å². The van der Waals surface area contributed by atoms with Gasteiger partial charge in [0.05, 0.1) is 40.7 Å². The Kier molecular flexibility index (Phi) is 12.6. The number of nitrogens with zero attached hydrogens (tertiary/aromatic N) is 7. The van der Waals surface area contributed by atoms with Crippen molar-refractivity contribution in [2.75, 3.05) is 66.3 Å². The Morgan fingerprint density at radius 1 is 0.810 bits per heavy atom. The molecule has 25 heteroatoms. The van der Waals surface area contributed by atoms with E-state index in [9.17, 15) is 54.2 Å². The van der Waals surface area contributed by atoms with Gasteiger partial charge in [0.15, 0.2) is 0 Å². The van der Waals surface area contributed by atoms with Gasteiger partial charge in [-0.15, -0.1) is 0 Å². The summed E-state index contributed by atoms with van der Waals surface area (Å²) in [6.07, 6.45) is -19.4. The number of aliphatic hydroxyl groups excluding tert-OH is 1. The second kappa shape index (κ2) is 17.6. The van der Waals surface area contributed by atoms with Crippen LogP contribution in [-0.4, -0.2) is 113 Å². The number of carbonyl (C=O) groups is 2. The Morgan fingerprint density at radius 3 is 2.13 bits per heavy atom. The molecule has 0 radical (unpaired) electrons. The highest BCUT2D eigenvalue weighted by Gasteiger charge is 2.51. The van der Waals surface area contributed by atoms with Crippen LogP contribution in [0.3, 0.4) is 0 Å². The van der Waals surface area contributed by atoms with Crippen LogP contribution in [0.2, 0.25) is 0 Å². The van der Waals surface area contributed by atoms with Gasteiger partial charge in [-0.2, -0.15) is 39.5 Å². The van der Waals surface area contributed by atoms with Gasteiger partial charge in [-0.05, 0) is 49.2 Å². The minimum absolute atomic E-state index is 0.0190. The monoisotopic (exact) mass is 899 g/mol. The Morgan fingerprint density at radius 2 is 1.48 bits per heavy atom. The lowest BCUT2D eigenvalue weighted by atomic mass is 9.98. The van der Waals surface area contributed by atoms with Gasteiger partial charge >= 0.3 is 30.7 Å². The van der Waals surface area contributed by atoms with Crippen molar-refractivity contribution in [3.05, 3.63) is 65.1 Å². The predicted octanol–water partition coefficient (Wildman–Crippen LogP) is 6.30. The zero-order chi connectivity index (χ0) is 45.4. The van der Waals surface area contributed by atoms with E-state index in [2.05, 4.69) is 62.2 Å². The Bertz CT molecular complexity index is 2350. The Balaban J connectivity index is 0.000000190. The SMILES string of the molecule is CC[C@H]1CN(c2cc(C)cc(-c3ncnc4c3[C@H](C(F)(F)F)OC(=O)N4)n2)CCN1.O=C1Nc2nccc(-c3cc(C(F)(F)F)cc(N4CCNC[C@@H]4CO)n3)c2[C@H](C(F)(F)F)O1. The van der Waals surface area contributed by atoms with Gasteiger partial charge < -0.3 is 35.0 Å². The van der Waals surface area contributed by atoms with E-state index in [0.717, 1.165) is 56.3 Å². The maximum atomic E-state index is 13.7. The van der Waals surface area contributed by atoms with Crippen molar-refractivity contribution in [2.45, 2.75) is 63.1 Å². The maximum Gasteiger partial charge on any atom is 0.430 e. The molecular formula is C38H38F9N11O5. The molecule has 0 aromatic carbocycles. The fraction of sp³-hybridized carbons (Fsp3) is 0.447. The van der Waals surface area contributed by atoms with Crippen LogP contribution in [0.15, 0.2) is 42.9 Å². The summed E-state index contributed by atoms with van der Waals surface area (Å²) in [6.45, 7) is 6.75. The number of hydrogen-bond donors (Lipinski definition) is 5. The van der Waals surface area contributed by atoms with E-state index < -0.39 is 71.6 Å². The predicted molar refractivity (Wildman–Crippen MR) is 206 cm³/mol. The van der Waals surface area contributed by atoms with Gasteiger partial charge in [0.25, 0.3) is 0 Å². The molecule has 338 valence electrons. The van der Waals surface area contributed by atoms with Crippen LogP contribution in [0, 0.1) is 6.92 Å². The van der Waals surface area contributed by atoms with Crippen molar-refractivity contribution in [3.8, 4) is 22.6 Å². The maximum absolute atomic E-state index is 13.7. The molecule has 4 atom stereocenters. The summed E-state index contributed by atoms with van der Waals surface area (Å²) < 4.78 is 132. The van der Waals surface area contributed by atoms with Crippen LogP contribution in [0.5, 0.6) is 0 Å². The summed E-state index contributed by atoms with van der Waals surface area (Å²) in [7, 11) is 0. The number of aliphatic hydroxyl groups is 1. The van der Waals surface area contributed by atoms with Crippen LogP contribution >= 0.6 is 0 Å². The Labute approximate surface area is 351 Å². The van der Waals surface area contributed by atoms with Crippen LogP contribution in [0.4, 0.5) is 72.4 Å². The summed E-state index contributed by atoms with van der Waals surface area (Å²) in [5, 5.41) is 20.3. The third kappa shape index (κ3) is 9.78. The third-order valence-corrected chi connectivity index (χ3v) is 10.4. The van der Waals surface area contributed by atoms with Crippen molar-refractivity contribution in [2.24, 2.45) is 0 Å². The first kappa shape index (κ1) is 45.0. The molecule has 2 amide bonds. The van der Waals surface area contributed by atoms with Gasteiger partial charge in [-0.3, -0.25) is 10.6 Å². The van der Waals surface area contributed by atoms with E-state index >= 15 is 0 Å². The van der Waals surface area contributed by atoms with Crippen molar-refractivity contribution in [1.82, 2.24) is 35.6 Å². The lowest BCUT2D eigenvalue weighted by molar-refractivity contribution is -0.206. The molecule has 8 heterocycles. The van der Waals surface area contributed by atoms with Crippen LogP contribution in [-0.2, 0) is 15.7 Å². The average Bonchev–Trinajstić information content (AvgIpc) is 3.24. The molecular weight excluding hydrogens is 861 g/mol. The number of aromatic nitrogens is 5. The first-order valence-electron chi connectivity index (χ1n) is 19.3. The number of aryl methyl sites for hydroxylation is 1. The summed E-state index contributed by atoms with van der Waals surface area (Å²) in [5.74, 6) is -0.198. The van der Waals surface area contributed by atoms with Crippen molar-refractivity contribution < 1.29 is 63.7 Å². The zero-order valence-electron chi connectivity index (χ0n) is 33.1. The number of fused-ring (bicyclic) bond motifs is 2. The van der Waals surface area contributed by atoms with Gasteiger partial charge in [-0.25, -0.2) is 34.5 Å². The molecule has 4 aromatic heterocycles. The fourth-order valence-electron chi connectivity index (χ4n) is 7.48. The van der Waals surface area contributed by atoms with Crippen LogP contribution < -0.4 is 31.1 Å². The molecule has 0 aliphatic carbocycles. The molecule has 0 saturated carbocycles. The summed E-state index contributed by atoms with van der Waals surface area (Å²) in [4.78, 5) is 47.1. The first-order chi connectivity index (χ1) is 29.7. The number of alkyl halides is 9. The third-order valence-electron chi connectivity index (χ3n) is 10.4. The second-order valence-corrected chi connectivity index (χ2v) is 14.7. The van der Waals surface area contributed by atoms with Gasteiger partial charge in [0.1, 0.15) is 35.3 Å². The molecule has 2 saturated heterocycles. The molecule has 16 nitrogen and oxygen atoms in total. The molecule has 8 rings (SSSR count). The number of halogens is 9. The summed E-state index contributed by atoms with van der Waals surface area (Å²) in [6, 6.07) is 5.77. The molecule has 2 fully saturated rings. The number of nitrogens with one attached hydrogen (secondary N) is 4. The Hall–Kier alpha value is -6.08. The van der Waals surface area contributed by atoms with Crippen molar-refractivity contribution >= 4 is 35.5 Å². The van der Waals surface area contributed by atoms with Gasteiger partial charge in [0, 0.05) is 57.1 Å². The minimum Gasteiger partial charge on any atom is -0.431 e. The van der Waals surface area contributed by atoms with Gasteiger partial charge in [-0.1, -0.05) is 6.92 Å². The number of carbonyl (C=O) groups excluding carboxylic acids is 2. The number of ether oxygens (including phenoxy) is 2. The van der Waals surface area contributed by atoms with E-state index in [-0.39, 0.29) is 53.8 Å². The van der Waals surface area contributed by atoms with E-state index in [1.54, 1.807) is 6.07 Å². The van der Waals surface area contributed by atoms with Crippen molar-refractivity contribution in [3.63, 3.8) is 0 Å². The number of hydrogen-bond acceptors (Lipinski definition) is 14. The fourth-order valence-corrected chi connectivity index (χ4v) is 7.48. The number of rotatable bonds is 6. The van der Waals surface area contributed by atoms with E-state index in [1.165, 1.54) is 4.90 Å². The molecule has 4 aliphatic heterocycles. The second-order valence-electron chi connectivity index (χ2n) is 14.7. The highest BCUT2D eigenvalue weighted by atomic mass is 19.4. The number of anilines is 4. The summed E-state index contributed by atoms with van der Waals surface area (Å²) >= 11 is 0. The van der Waals surface area contributed by atoms with Crippen LogP contribution in [0.25, 0.3) is 22.6 Å². The minimum atomic E-state index is -5.05. The normalized spacial score (nSPS) is 21.5. The number of cyclic esters (lactones) is 2. The number of pyridine rings is 3. The molecule has 0 bridgehead atoms. The number of amides is 2. The topological polar surface area (TPSA) is 192 Å². The molecule has 0 unspecified atom stereocenters. The molecule has 4 aliphatic rings. The smallest absolute Gasteiger partial charge is 0.430 e. The first-order valence-corrected chi connectivity index (χ1v) is 19.3. The highest BCUT2D eigenvalue weighted by molar-refractivity contribution is 5.90. The lowest BCUT2D eigenvalue weighted by Gasteiger charge is -2.36. The molecule has 0 spiro atoms. The van der Waals surface area contributed by atoms with Crippen molar-refractivity contribution in [1.29, 1.82) is 0 Å². The standard InChI is InChI=1S/C19H17F6N5O3.C19H21F3N6O2/c20-18(21,22)9-5-12(28-13(6-9)30-4-3-26-7-10(30)8-31)11-1-2-27-16-14(11)15(19(23,24)25)33-17(32)29-16;1-3-11-8-28(5-4-23-11)13-7-10(2)6-12(26-13)15-14-16(19(20,21)22)30-18(29)27-17(14)25-9-24-15/h1-2,5-6,10,15,26,31H,3-4,7-8H2,(H,27,29,32);6-7,9,11,16,23H,3-5,8H2,1-2H3,(H,24,25,27,29)/t10-,15-;11-,16+/m10/s1. The average molecular weight is 900 g/mol. The molecule has 5 N–H and O–H groups in total. The van der Waals surface area contributed by atoms with Crippen LogP contribution in [0.1, 0.15) is 47.8 Å². The van der Waals surface area contributed by atoms with Gasteiger partial charge in [0.2, 0.25) is 12.2 Å². The quantitative estimate of drug-likeness (QED) is 0.136. The zero-order valence-corrected chi connectivity index (χ0v) is 33.1. The highest BCUT2D eigenvalue weighted by Crippen LogP contribution is 2.47. The lowest BCUT2D eigenvalue weighted by Crippen LogP contribution is -2.53. The molecule has 63 heavy (non-hydrogen) atoms. The summed E-state index contributed by atoms with van der Waals surface area (Å²) in [5.41, 5.74) is -1.79. The van der Waals surface area contributed by atoms with E-state index in [0.29, 0.717) is 24.5 Å².